The predicted octanol–water partition coefficient (Wildman–Crippen LogP) is 5.96. The van der Waals surface area contributed by atoms with E-state index >= 15 is 0 Å². The van der Waals surface area contributed by atoms with Gasteiger partial charge in [0.05, 0.1) is 43.1 Å². The third-order valence-electron chi connectivity index (χ3n) is 9.11. The van der Waals surface area contributed by atoms with Gasteiger partial charge in [-0.05, 0) is 99.1 Å². The van der Waals surface area contributed by atoms with Crippen LogP contribution < -0.4 is 28.4 Å². The molecule has 0 spiro atoms. The maximum atomic E-state index is 13.5. The summed E-state index contributed by atoms with van der Waals surface area (Å²) in [7, 11) is 0. The van der Waals surface area contributed by atoms with Crippen molar-refractivity contribution in [2.75, 3.05) is 26.4 Å². The van der Waals surface area contributed by atoms with Gasteiger partial charge in [0.1, 0.15) is 40.8 Å². The summed E-state index contributed by atoms with van der Waals surface area (Å²) >= 11 is 0. The van der Waals surface area contributed by atoms with E-state index in [0.29, 0.717) is 5.56 Å². The molecule has 61 heavy (non-hydrogen) atoms. The van der Waals surface area contributed by atoms with Gasteiger partial charge in [-0.15, -0.1) is 0 Å². The van der Waals surface area contributed by atoms with Crippen LogP contribution in [0.1, 0.15) is 60.8 Å². The van der Waals surface area contributed by atoms with Crippen LogP contribution in [-0.2, 0) is 28.5 Å². The summed E-state index contributed by atoms with van der Waals surface area (Å²) in [5, 5.41) is 0. The number of hydrogen-bond donors (Lipinski definition) is 0. The summed E-state index contributed by atoms with van der Waals surface area (Å²) in [6, 6.07) is 18.5. The van der Waals surface area contributed by atoms with Crippen LogP contribution in [0.25, 0.3) is 0 Å². The monoisotopic (exact) mass is 836 g/mol. The minimum absolute atomic E-state index is 0.0216. The Hall–Kier alpha value is -7.30. The van der Waals surface area contributed by atoms with Gasteiger partial charge in [0.2, 0.25) is 0 Å². The molecule has 316 valence electrons. The lowest BCUT2D eigenvalue weighted by Crippen LogP contribution is -2.36. The third kappa shape index (κ3) is 10.5. The van der Waals surface area contributed by atoms with Crippen LogP contribution in [0.3, 0.4) is 0 Å². The maximum absolute atomic E-state index is 13.5. The SMILES string of the molecule is C=CC(=O)Oc1ccc(C(=O)Oc2cc(OCC)c(C(=O)O[C@H]3CO[C@H]4[C@@H]3OC[C@H]4OC(=O)c3ccc(OC(=O)c4ccc(OC(=O)C=C)c(OCC)c4)cc3)cc2C)cc1. The molecule has 0 radical (unpaired) electrons. The molecule has 2 heterocycles. The first-order chi connectivity index (χ1) is 29.4. The number of carbonyl (C=O) groups excluding carboxylic acids is 6. The van der Waals surface area contributed by atoms with Gasteiger partial charge in [0.15, 0.2) is 23.7 Å². The smallest absolute Gasteiger partial charge is 0.343 e. The summed E-state index contributed by atoms with van der Waals surface area (Å²) in [5.74, 6) is -3.30. The second-order valence-electron chi connectivity index (χ2n) is 13.2. The zero-order valence-corrected chi connectivity index (χ0v) is 33.2. The Bertz CT molecular complexity index is 2330. The molecule has 0 N–H and O–H groups in total. The molecule has 2 fully saturated rings. The number of fused-ring (bicyclic) bond motifs is 1. The molecular formula is C45H40O16. The summed E-state index contributed by atoms with van der Waals surface area (Å²) in [5.41, 5.74) is 0.978. The Morgan fingerprint density at radius 1 is 0.557 bits per heavy atom. The first-order valence-electron chi connectivity index (χ1n) is 18.9. The van der Waals surface area contributed by atoms with Crippen molar-refractivity contribution in [3.05, 3.63) is 132 Å². The molecule has 0 bridgehead atoms. The molecule has 6 rings (SSSR count). The second kappa shape index (κ2) is 19.6. The summed E-state index contributed by atoms with van der Waals surface area (Å²) < 4.78 is 55.8. The second-order valence-corrected chi connectivity index (χ2v) is 13.2. The van der Waals surface area contributed by atoms with Gasteiger partial charge >= 0.3 is 35.8 Å². The van der Waals surface area contributed by atoms with Crippen LogP contribution >= 0.6 is 0 Å². The van der Waals surface area contributed by atoms with Crippen molar-refractivity contribution in [3.63, 3.8) is 0 Å². The largest absolute Gasteiger partial charge is 0.493 e. The lowest BCUT2D eigenvalue weighted by Gasteiger charge is -2.19. The minimum atomic E-state index is -0.848. The number of benzene rings is 4. The van der Waals surface area contributed by atoms with Crippen molar-refractivity contribution < 1.29 is 76.1 Å². The van der Waals surface area contributed by atoms with Crippen molar-refractivity contribution in [1.82, 2.24) is 0 Å². The molecule has 0 aliphatic carbocycles. The molecule has 0 amide bonds. The molecule has 4 atom stereocenters. The molecule has 0 unspecified atom stereocenters. The first kappa shape index (κ1) is 43.3. The van der Waals surface area contributed by atoms with Gasteiger partial charge in [-0.1, -0.05) is 13.2 Å². The molecule has 2 aliphatic heterocycles. The molecule has 2 saturated heterocycles. The van der Waals surface area contributed by atoms with Gasteiger partial charge in [0.25, 0.3) is 0 Å². The molecule has 4 aromatic rings. The lowest BCUT2D eigenvalue weighted by atomic mass is 10.1. The summed E-state index contributed by atoms with van der Waals surface area (Å²) in [6.07, 6.45) is -1.12. The Morgan fingerprint density at radius 3 is 1.66 bits per heavy atom. The van der Waals surface area contributed by atoms with E-state index in [1.807, 2.05) is 0 Å². The molecule has 16 heteroatoms. The van der Waals surface area contributed by atoms with Gasteiger partial charge in [-0.3, -0.25) is 0 Å². The predicted molar refractivity (Wildman–Crippen MR) is 212 cm³/mol. The average molecular weight is 837 g/mol. The highest BCUT2D eigenvalue weighted by Crippen LogP contribution is 2.35. The lowest BCUT2D eigenvalue weighted by molar-refractivity contribution is -0.129. The topological polar surface area (TPSA) is 195 Å². The van der Waals surface area contributed by atoms with Gasteiger partial charge in [-0.2, -0.15) is 0 Å². The van der Waals surface area contributed by atoms with Crippen LogP contribution in [-0.4, -0.2) is 86.7 Å². The Kier molecular flexibility index (Phi) is 13.9. The summed E-state index contributed by atoms with van der Waals surface area (Å²) in [6.45, 7) is 12.2. The highest BCUT2D eigenvalue weighted by Gasteiger charge is 2.51. The molecule has 0 saturated carbocycles. The fourth-order valence-corrected chi connectivity index (χ4v) is 6.19. The molecular weight excluding hydrogens is 796 g/mol. The van der Waals surface area contributed by atoms with Crippen LogP contribution in [0.4, 0.5) is 0 Å². The standard InChI is InChI=1S/C45H40O16/c1-6-38(46)56-29-15-10-26(11-16-29)42(48)59-33-22-34(52-8-3)31(20-25(33)5)45(51)61-37-24-55-40-36(23-54-41(37)40)60-43(49)27-12-17-30(18-13-27)57-44(50)28-14-19-32(58-39(47)7-2)35(21-28)53-9-4/h6-7,10-22,36-37,40-41H,1-2,8-9,23-24H2,3-5H3/t36-,37+,40-,41-/m1/s1. The van der Waals surface area contributed by atoms with E-state index in [-0.39, 0.29) is 83.2 Å². The number of carbonyl (C=O) groups is 6. The van der Waals surface area contributed by atoms with E-state index in [0.717, 1.165) is 12.2 Å². The van der Waals surface area contributed by atoms with E-state index in [2.05, 4.69) is 13.2 Å². The Morgan fingerprint density at radius 2 is 1.07 bits per heavy atom. The average Bonchev–Trinajstić information content (AvgIpc) is 3.85. The van der Waals surface area contributed by atoms with Crippen LogP contribution in [0.15, 0.2) is 104 Å². The zero-order chi connectivity index (χ0) is 43.6. The van der Waals surface area contributed by atoms with Crippen molar-refractivity contribution in [2.45, 2.75) is 45.2 Å². The number of rotatable bonds is 16. The van der Waals surface area contributed by atoms with Crippen LogP contribution in [0, 0.1) is 6.92 Å². The quantitative estimate of drug-likeness (QED) is 0.0728. The molecule has 0 aromatic heterocycles. The normalized spacial score (nSPS) is 17.5. The van der Waals surface area contributed by atoms with E-state index in [1.165, 1.54) is 78.9 Å². The zero-order valence-electron chi connectivity index (χ0n) is 33.2. The van der Waals surface area contributed by atoms with Crippen molar-refractivity contribution in [1.29, 1.82) is 0 Å². The maximum Gasteiger partial charge on any atom is 0.343 e. The summed E-state index contributed by atoms with van der Waals surface area (Å²) in [4.78, 5) is 75.6. The number of aryl methyl sites for hydroxylation is 1. The third-order valence-corrected chi connectivity index (χ3v) is 9.11. The first-order valence-corrected chi connectivity index (χ1v) is 18.9. The van der Waals surface area contributed by atoms with Crippen molar-refractivity contribution >= 4 is 35.8 Å². The Labute approximate surface area is 349 Å². The fourth-order valence-electron chi connectivity index (χ4n) is 6.19. The number of hydrogen-bond acceptors (Lipinski definition) is 16. The van der Waals surface area contributed by atoms with Gasteiger partial charge in [-0.25, -0.2) is 28.8 Å². The van der Waals surface area contributed by atoms with Gasteiger partial charge < -0.3 is 47.4 Å². The molecule has 2 aliphatic rings. The highest BCUT2D eigenvalue weighted by atomic mass is 16.7. The van der Waals surface area contributed by atoms with Crippen LogP contribution in [0.2, 0.25) is 0 Å². The Balaban J connectivity index is 1.03. The van der Waals surface area contributed by atoms with E-state index in [9.17, 15) is 28.8 Å². The van der Waals surface area contributed by atoms with Gasteiger partial charge in [0, 0.05) is 18.2 Å². The van der Waals surface area contributed by atoms with Crippen LogP contribution in [0.5, 0.6) is 34.5 Å². The fraction of sp³-hybridized carbons (Fsp3) is 0.244. The van der Waals surface area contributed by atoms with E-state index in [4.69, 9.17) is 47.4 Å². The number of esters is 6. The van der Waals surface area contributed by atoms with E-state index in [1.54, 1.807) is 20.8 Å². The highest BCUT2D eigenvalue weighted by molar-refractivity contribution is 5.95. The van der Waals surface area contributed by atoms with Crippen molar-refractivity contribution in [2.24, 2.45) is 0 Å². The minimum Gasteiger partial charge on any atom is -0.493 e. The molecule has 16 nitrogen and oxygen atoms in total. The van der Waals surface area contributed by atoms with E-state index < -0.39 is 60.2 Å². The molecule has 4 aromatic carbocycles. The number of ether oxygens (including phenoxy) is 10. The van der Waals surface area contributed by atoms with Crippen molar-refractivity contribution in [3.8, 4) is 34.5 Å².